The molecule has 0 fully saturated rings. The van der Waals surface area contributed by atoms with Crippen LogP contribution in [-0.2, 0) is 9.59 Å². The lowest BCUT2D eigenvalue weighted by molar-refractivity contribution is -0.121. The van der Waals surface area contributed by atoms with Crippen molar-refractivity contribution in [1.82, 2.24) is 4.90 Å². The number of nitriles is 1. The number of halogens is 1. The smallest absolute Gasteiger partial charge is 0.241 e. The fourth-order valence-corrected chi connectivity index (χ4v) is 3.13. The molecule has 0 spiro atoms. The summed E-state index contributed by atoms with van der Waals surface area (Å²) in [4.78, 5) is 28.8. The van der Waals surface area contributed by atoms with Gasteiger partial charge >= 0.3 is 0 Å². The van der Waals surface area contributed by atoms with E-state index < -0.39 is 0 Å². The van der Waals surface area contributed by atoms with Crippen LogP contribution in [0.25, 0.3) is 0 Å². The van der Waals surface area contributed by atoms with Crippen LogP contribution in [0.15, 0.2) is 42.5 Å². The molecule has 2 aromatic rings. The summed E-state index contributed by atoms with van der Waals surface area (Å²) in [5.74, 6) is 0.230. The summed E-state index contributed by atoms with van der Waals surface area (Å²) >= 11 is 6.10. The van der Waals surface area contributed by atoms with E-state index in [1.54, 1.807) is 53.3 Å². The average Bonchev–Trinajstić information content (AvgIpc) is 2.75. The Kier molecular flexibility index (Phi) is 9.32. The van der Waals surface area contributed by atoms with Crippen LogP contribution in [0.2, 0.25) is 5.02 Å². The van der Waals surface area contributed by atoms with Gasteiger partial charge in [-0.1, -0.05) is 24.6 Å². The Morgan fingerprint density at radius 3 is 2.61 bits per heavy atom. The molecule has 0 saturated carbocycles. The molecule has 7 nitrogen and oxygen atoms in total. The molecule has 2 rings (SSSR count). The zero-order chi connectivity index (χ0) is 22.8. The number of likely N-dealkylation sites (N-methyl/N-ethyl adjacent to an activating group) is 1. The zero-order valence-corrected chi connectivity index (χ0v) is 18.8. The molecule has 2 aromatic carbocycles. The molecule has 8 heteroatoms. The molecule has 0 bridgehead atoms. The van der Waals surface area contributed by atoms with Crippen molar-refractivity contribution in [3.05, 3.63) is 53.1 Å². The van der Waals surface area contributed by atoms with Gasteiger partial charge in [0, 0.05) is 29.0 Å². The first kappa shape index (κ1) is 24.2. The van der Waals surface area contributed by atoms with E-state index in [1.807, 2.05) is 19.9 Å². The number of carbonyl (C=O) groups excluding carboxylic acids is 2. The molecule has 0 heterocycles. The minimum absolute atomic E-state index is 0.0507. The lowest BCUT2D eigenvalue weighted by Crippen LogP contribution is -2.43. The molecule has 0 aromatic heterocycles. The summed E-state index contributed by atoms with van der Waals surface area (Å²) in [6.45, 7) is 4.64. The molecule has 0 radical (unpaired) electrons. The number of carbonyl (C=O) groups is 2. The van der Waals surface area contributed by atoms with Gasteiger partial charge in [-0.05, 0) is 49.4 Å². The predicted octanol–water partition coefficient (Wildman–Crippen LogP) is 3.86. The van der Waals surface area contributed by atoms with Gasteiger partial charge in [-0.3, -0.25) is 14.5 Å². The first-order valence-electron chi connectivity index (χ1n) is 9.97. The number of benzene rings is 2. The molecule has 0 atom stereocenters. The standard InChI is InChI=1S/C23H27ClN4O3/c1-4-27(15-22(29)26-18-7-5-8-20(14-18)31-3)16-23(30)28(12-6-11-25)19-9-10-21(24)17(2)13-19/h5,7-10,13-14H,4,6,12,15-16H2,1-3H3,(H,26,29). The first-order valence-corrected chi connectivity index (χ1v) is 10.4. The van der Waals surface area contributed by atoms with Crippen molar-refractivity contribution in [1.29, 1.82) is 5.26 Å². The SMILES string of the molecule is CCN(CC(=O)Nc1cccc(OC)c1)CC(=O)N(CCC#N)c1ccc(Cl)c(C)c1. The first-order chi connectivity index (χ1) is 14.9. The van der Waals surface area contributed by atoms with E-state index in [1.165, 1.54) is 0 Å². The second-order valence-electron chi connectivity index (χ2n) is 6.97. The van der Waals surface area contributed by atoms with E-state index >= 15 is 0 Å². The second-order valence-corrected chi connectivity index (χ2v) is 7.38. The zero-order valence-electron chi connectivity index (χ0n) is 18.0. The largest absolute Gasteiger partial charge is 0.497 e. The van der Waals surface area contributed by atoms with Crippen molar-refractivity contribution in [2.45, 2.75) is 20.3 Å². The molecule has 31 heavy (non-hydrogen) atoms. The van der Waals surface area contributed by atoms with Crippen molar-refractivity contribution in [3.63, 3.8) is 0 Å². The Morgan fingerprint density at radius 1 is 1.19 bits per heavy atom. The molecular formula is C23H27ClN4O3. The van der Waals surface area contributed by atoms with Gasteiger partial charge in [0.05, 0.1) is 32.7 Å². The molecule has 0 aliphatic carbocycles. The van der Waals surface area contributed by atoms with Gasteiger partial charge in [-0.15, -0.1) is 0 Å². The van der Waals surface area contributed by atoms with E-state index in [9.17, 15) is 9.59 Å². The van der Waals surface area contributed by atoms with Gasteiger partial charge in [0.1, 0.15) is 5.75 Å². The number of nitrogens with one attached hydrogen (secondary N) is 1. The van der Waals surface area contributed by atoms with Gasteiger partial charge < -0.3 is 15.0 Å². The third-order valence-corrected chi connectivity index (χ3v) is 5.15. The van der Waals surface area contributed by atoms with Gasteiger partial charge in [-0.2, -0.15) is 5.26 Å². The highest BCUT2D eigenvalue weighted by Crippen LogP contribution is 2.23. The molecule has 164 valence electrons. The van der Waals surface area contributed by atoms with Gasteiger partial charge in [0.2, 0.25) is 11.8 Å². The maximum atomic E-state index is 13.0. The topological polar surface area (TPSA) is 85.7 Å². The average molecular weight is 443 g/mol. The monoisotopic (exact) mass is 442 g/mol. The van der Waals surface area contributed by atoms with Crippen LogP contribution in [-0.4, -0.2) is 50.0 Å². The number of hydrogen-bond donors (Lipinski definition) is 1. The van der Waals surface area contributed by atoms with Crippen molar-refractivity contribution < 1.29 is 14.3 Å². The maximum Gasteiger partial charge on any atom is 0.241 e. The molecule has 0 aliphatic rings. The summed E-state index contributed by atoms with van der Waals surface area (Å²) in [6, 6.07) is 14.5. The van der Waals surface area contributed by atoms with Crippen LogP contribution in [0.5, 0.6) is 5.75 Å². The van der Waals surface area contributed by atoms with Crippen LogP contribution in [0.3, 0.4) is 0 Å². The van der Waals surface area contributed by atoms with Crippen LogP contribution < -0.4 is 15.0 Å². The molecule has 1 N–H and O–H groups in total. The lowest BCUT2D eigenvalue weighted by Gasteiger charge is -2.26. The summed E-state index contributed by atoms with van der Waals surface area (Å²) in [7, 11) is 1.56. The van der Waals surface area contributed by atoms with Crippen LogP contribution >= 0.6 is 11.6 Å². The van der Waals surface area contributed by atoms with Crippen LogP contribution in [0.4, 0.5) is 11.4 Å². The van der Waals surface area contributed by atoms with Crippen LogP contribution in [0.1, 0.15) is 18.9 Å². The van der Waals surface area contributed by atoms with Crippen LogP contribution in [0, 0.1) is 18.3 Å². The summed E-state index contributed by atoms with van der Waals surface area (Å²) in [5.41, 5.74) is 2.15. The molecule has 2 amide bonds. The van der Waals surface area contributed by atoms with Crippen molar-refractivity contribution >= 4 is 34.8 Å². The normalized spacial score (nSPS) is 10.5. The molecular weight excluding hydrogens is 416 g/mol. The summed E-state index contributed by atoms with van der Waals surface area (Å²) in [5, 5.41) is 12.4. The molecule has 0 aliphatic heterocycles. The highest BCUT2D eigenvalue weighted by atomic mass is 35.5. The number of anilines is 2. The van der Waals surface area contributed by atoms with E-state index in [4.69, 9.17) is 21.6 Å². The van der Waals surface area contributed by atoms with Crippen molar-refractivity contribution in [2.75, 3.05) is 43.5 Å². The lowest BCUT2D eigenvalue weighted by atomic mass is 10.2. The Bertz CT molecular complexity index is 958. The highest BCUT2D eigenvalue weighted by Gasteiger charge is 2.20. The number of ether oxygens (including phenoxy) is 1. The third kappa shape index (κ3) is 7.28. The van der Waals surface area contributed by atoms with Crippen molar-refractivity contribution in [3.8, 4) is 11.8 Å². The Labute approximate surface area is 188 Å². The Morgan fingerprint density at radius 2 is 1.97 bits per heavy atom. The fraction of sp³-hybridized carbons (Fsp3) is 0.348. The number of methoxy groups -OCH3 is 1. The van der Waals surface area contributed by atoms with E-state index in [-0.39, 0.29) is 37.9 Å². The number of amides is 2. The van der Waals surface area contributed by atoms with Gasteiger partial charge in [-0.25, -0.2) is 0 Å². The molecule has 0 saturated heterocycles. The minimum Gasteiger partial charge on any atom is -0.497 e. The Hall–Kier alpha value is -3.08. The fourth-order valence-electron chi connectivity index (χ4n) is 3.02. The third-order valence-electron chi connectivity index (χ3n) is 4.73. The van der Waals surface area contributed by atoms with Crippen molar-refractivity contribution in [2.24, 2.45) is 0 Å². The van der Waals surface area contributed by atoms with E-state index in [0.29, 0.717) is 28.7 Å². The number of hydrogen-bond acceptors (Lipinski definition) is 5. The summed E-state index contributed by atoms with van der Waals surface area (Å²) < 4.78 is 5.16. The minimum atomic E-state index is -0.228. The Balaban J connectivity index is 2.06. The highest BCUT2D eigenvalue weighted by molar-refractivity contribution is 6.31. The van der Waals surface area contributed by atoms with E-state index in [2.05, 4.69) is 11.4 Å². The number of rotatable bonds is 10. The maximum absolute atomic E-state index is 13.0. The quantitative estimate of drug-likeness (QED) is 0.603. The summed E-state index contributed by atoms with van der Waals surface area (Å²) in [6.07, 6.45) is 0.204. The predicted molar refractivity (Wildman–Crippen MR) is 123 cm³/mol. The second kappa shape index (κ2) is 11.9. The van der Waals surface area contributed by atoms with Gasteiger partial charge in [0.25, 0.3) is 0 Å². The number of aryl methyl sites for hydroxylation is 1. The van der Waals surface area contributed by atoms with Gasteiger partial charge in [0.15, 0.2) is 0 Å². The van der Waals surface area contributed by atoms with E-state index in [0.717, 1.165) is 5.56 Å². The molecule has 0 unspecified atom stereocenters. The number of nitrogens with zero attached hydrogens (tertiary/aromatic N) is 3.